The van der Waals surface area contributed by atoms with E-state index in [2.05, 4.69) is 5.92 Å². The van der Waals surface area contributed by atoms with Crippen LogP contribution in [0.25, 0.3) is 6.08 Å². The molecule has 1 fully saturated rings. The van der Waals surface area contributed by atoms with Crippen molar-refractivity contribution >= 4 is 29.0 Å². The van der Waals surface area contributed by atoms with Crippen LogP contribution in [0.4, 0.5) is 4.79 Å². The number of hydrogen-bond acceptors (Lipinski definition) is 4. The number of imide groups is 1. The third-order valence-corrected chi connectivity index (χ3v) is 2.87. The first-order valence-corrected chi connectivity index (χ1v) is 5.25. The van der Waals surface area contributed by atoms with Gasteiger partial charge in [-0.1, -0.05) is 5.92 Å². The molecule has 0 bridgehead atoms. The average Bonchev–Trinajstić information content (AvgIpc) is 2.84. The van der Waals surface area contributed by atoms with Crippen LogP contribution in [0, 0.1) is 12.3 Å². The van der Waals surface area contributed by atoms with E-state index in [0.29, 0.717) is 4.91 Å². The van der Waals surface area contributed by atoms with Gasteiger partial charge in [-0.2, -0.15) is 0 Å². The first-order chi connectivity index (χ1) is 7.72. The minimum atomic E-state index is -0.353. The molecule has 1 aliphatic rings. The zero-order valence-corrected chi connectivity index (χ0v) is 8.99. The van der Waals surface area contributed by atoms with Crippen LogP contribution in [0.3, 0.4) is 0 Å². The Labute approximate surface area is 96.3 Å². The van der Waals surface area contributed by atoms with E-state index in [1.807, 2.05) is 0 Å². The zero-order chi connectivity index (χ0) is 11.5. The summed E-state index contributed by atoms with van der Waals surface area (Å²) in [6, 6.07) is 1.70. The molecule has 0 atom stereocenters. The van der Waals surface area contributed by atoms with E-state index in [1.165, 1.54) is 12.5 Å². The number of carbonyl (C=O) groups is 2. The number of thioether (sulfide) groups is 1. The predicted octanol–water partition coefficient (Wildman–Crippen LogP) is 1.95. The molecule has 0 spiro atoms. The second kappa shape index (κ2) is 4.29. The van der Waals surface area contributed by atoms with E-state index in [-0.39, 0.29) is 17.7 Å². The molecule has 0 radical (unpaired) electrons. The van der Waals surface area contributed by atoms with Crippen molar-refractivity contribution in [3.8, 4) is 12.3 Å². The largest absolute Gasteiger partial charge is 0.472 e. The number of rotatable bonds is 2. The molecule has 0 aromatic carbocycles. The monoisotopic (exact) mass is 233 g/mol. The summed E-state index contributed by atoms with van der Waals surface area (Å²) in [6.07, 6.45) is 9.67. The normalized spacial score (nSPS) is 18.2. The highest BCUT2D eigenvalue weighted by Gasteiger charge is 2.34. The van der Waals surface area contributed by atoms with Gasteiger partial charge in [0.25, 0.3) is 11.1 Å². The van der Waals surface area contributed by atoms with Gasteiger partial charge in [0.2, 0.25) is 0 Å². The number of amides is 2. The molecule has 1 saturated heterocycles. The maximum absolute atomic E-state index is 11.7. The highest BCUT2D eigenvalue weighted by Crippen LogP contribution is 2.31. The molecule has 1 aromatic rings. The van der Waals surface area contributed by atoms with E-state index in [9.17, 15) is 9.59 Å². The lowest BCUT2D eigenvalue weighted by Gasteiger charge is -2.06. The Morgan fingerprint density at radius 3 is 3.00 bits per heavy atom. The van der Waals surface area contributed by atoms with Gasteiger partial charge in [0, 0.05) is 5.56 Å². The van der Waals surface area contributed by atoms with Crippen molar-refractivity contribution in [1.29, 1.82) is 0 Å². The molecule has 2 rings (SSSR count). The minimum absolute atomic E-state index is 0.00733. The van der Waals surface area contributed by atoms with Gasteiger partial charge in [-0.3, -0.25) is 14.5 Å². The lowest BCUT2D eigenvalue weighted by Crippen LogP contribution is -2.28. The molecule has 0 unspecified atom stereocenters. The molecule has 4 nitrogen and oxygen atoms in total. The SMILES string of the molecule is C#CCN1C(=O)S/C(=C/c2ccoc2)C1=O. The van der Waals surface area contributed by atoms with Crippen molar-refractivity contribution in [1.82, 2.24) is 4.90 Å². The summed E-state index contributed by atoms with van der Waals surface area (Å²) in [5, 5.41) is -0.335. The highest BCUT2D eigenvalue weighted by molar-refractivity contribution is 8.18. The maximum atomic E-state index is 11.7. The number of carbonyl (C=O) groups excluding carboxylic acids is 2. The lowest BCUT2D eigenvalue weighted by molar-refractivity contribution is -0.122. The summed E-state index contributed by atoms with van der Waals surface area (Å²) in [6.45, 7) is 0.00733. The molecule has 5 heteroatoms. The van der Waals surface area contributed by atoms with E-state index in [0.717, 1.165) is 22.2 Å². The van der Waals surface area contributed by atoms with E-state index >= 15 is 0 Å². The topological polar surface area (TPSA) is 50.5 Å². The molecule has 1 aromatic heterocycles. The van der Waals surface area contributed by atoms with Crippen molar-refractivity contribution in [2.75, 3.05) is 6.54 Å². The van der Waals surface area contributed by atoms with Crippen LogP contribution in [-0.4, -0.2) is 22.6 Å². The highest BCUT2D eigenvalue weighted by atomic mass is 32.2. The van der Waals surface area contributed by atoms with E-state index in [4.69, 9.17) is 10.8 Å². The lowest BCUT2D eigenvalue weighted by atomic mass is 10.3. The minimum Gasteiger partial charge on any atom is -0.472 e. The fourth-order valence-corrected chi connectivity index (χ4v) is 2.07. The summed E-state index contributed by atoms with van der Waals surface area (Å²) in [5.74, 6) is 1.92. The van der Waals surface area contributed by atoms with Gasteiger partial charge in [0.1, 0.15) is 0 Å². The number of furan rings is 1. The van der Waals surface area contributed by atoms with Crippen LogP contribution in [0.5, 0.6) is 0 Å². The Bertz CT molecular complexity index is 496. The Morgan fingerprint density at radius 1 is 1.56 bits per heavy atom. The summed E-state index contributed by atoms with van der Waals surface area (Å²) in [5.41, 5.74) is 0.742. The number of nitrogens with zero attached hydrogens (tertiary/aromatic N) is 1. The second-order valence-electron chi connectivity index (χ2n) is 3.03. The third-order valence-electron chi connectivity index (χ3n) is 1.96. The average molecular weight is 233 g/mol. The van der Waals surface area contributed by atoms with Gasteiger partial charge in [-0.15, -0.1) is 6.42 Å². The zero-order valence-electron chi connectivity index (χ0n) is 8.17. The Hall–Kier alpha value is -1.93. The third kappa shape index (κ3) is 1.88. The molecule has 2 amide bonds. The molecule has 16 heavy (non-hydrogen) atoms. The van der Waals surface area contributed by atoms with Crippen LogP contribution in [-0.2, 0) is 4.79 Å². The quantitative estimate of drug-likeness (QED) is 0.578. The van der Waals surface area contributed by atoms with E-state index < -0.39 is 0 Å². The standard InChI is InChI=1S/C11H7NO3S/c1-2-4-12-10(13)9(16-11(12)14)6-8-3-5-15-7-8/h1,3,5-7H,4H2/b9-6+. The van der Waals surface area contributed by atoms with Gasteiger partial charge < -0.3 is 4.42 Å². The first kappa shape index (κ1) is 10.6. The van der Waals surface area contributed by atoms with Crippen LogP contribution in [0.1, 0.15) is 5.56 Å². The molecular weight excluding hydrogens is 226 g/mol. The Morgan fingerprint density at radius 2 is 2.38 bits per heavy atom. The Kier molecular flexibility index (Phi) is 2.84. The van der Waals surface area contributed by atoms with Crippen LogP contribution < -0.4 is 0 Å². The summed E-state index contributed by atoms with van der Waals surface area (Å²) in [7, 11) is 0. The van der Waals surface area contributed by atoms with Crippen LogP contribution in [0.2, 0.25) is 0 Å². The summed E-state index contributed by atoms with van der Waals surface area (Å²) in [4.78, 5) is 24.5. The van der Waals surface area contributed by atoms with Crippen molar-refractivity contribution in [2.45, 2.75) is 0 Å². The summed E-state index contributed by atoms with van der Waals surface area (Å²) < 4.78 is 4.87. The van der Waals surface area contributed by atoms with Crippen molar-refractivity contribution in [3.63, 3.8) is 0 Å². The molecule has 80 valence electrons. The Balaban J connectivity index is 2.24. The molecule has 0 N–H and O–H groups in total. The van der Waals surface area contributed by atoms with Gasteiger partial charge in [0.05, 0.1) is 24.0 Å². The molecule has 2 heterocycles. The summed E-state index contributed by atoms with van der Waals surface area (Å²) >= 11 is 0.881. The van der Waals surface area contributed by atoms with Gasteiger partial charge in [-0.25, -0.2) is 0 Å². The smallest absolute Gasteiger partial charge is 0.294 e. The van der Waals surface area contributed by atoms with E-state index in [1.54, 1.807) is 12.1 Å². The maximum Gasteiger partial charge on any atom is 0.294 e. The number of terminal acetylenes is 1. The number of hydrogen-bond donors (Lipinski definition) is 0. The fourth-order valence-electron chi connectivity index (χ4n) is 1.24. The van der Waals surface area contributed by atoms with Gasteiger partial charge >= 0.3 is 0 Å². The predicted molar refractivity (Wildman–Crippen MR) is 60.2 cm³/mol. The van der Waals surface area contributed by atoms with Crippen molar-refractivity contribution in [3.05, 3.63) is 29.1 Å². The van der Waals surface area contributed by atoms with Crippen LogP contribution >= 0.6 is 11.8 Å². The molecular formula is C11H7NO3S. The molecule has 0 saturated carbocycles. The second-order valence-corrected chi connectivity index (χ2v) is 4.02. The first-order valence-electron chi connectivity index (χ1n) is 4.43. The fraction of sp³-hybridized carbons (Fsp3) is 0.0909. The van der Waals surface area contributed by atoms with Crippen LogP contribution in [0.15, 0.2) is 27.9 Å². The van der Waals surface area contributed by atoms with Crippen molar-refractivity contribution in [2.24, 2.45) is 0 Å². The molecule has 1 aliphatic heterocycles. The van der Waals surface area contributed by atoms with Crippen molar-refractivity contribution < 1.29 is 14.0 Å². The molecule has 0 aliphatic carbocycles. The van der Waals surface area contributed by atoms with Gasteiger partial charge in [0.15, 0.2) is 0 Å². The van der Waals surface area contributed by atoms with Gasteiger partial charge in [-0.05, 0) is 23.9 Å².